The molecule has 0 unspecified atom stereocenters. The number of amides is 1. The van der Waals surface area contributed by atoms with Gasteiger partial charge in [-0.2, -0.15) is 0 Å². The van der Waals surface area contributed by atoms with Crippen LogP contribution in [0.2, 0.25) is 0 Å². The molecule has 0 atom stereocenters. The molecule has 70 valence electrons. The fourth-order valence-corrected chi connectivity index (χ4v) is 1.49. The van der Waals surface area contributed by atoms with Gasteiger partial charge in [-0.25, -0.2) is 4.39 Å². The molecule has 12 heavy (non-hydrogen) atoms. The smallest absolute Gasteiger partial charge is 0.251 e. The lowest BCUT2D eigenvalue weighted by Gasteiger charge is -2.25. The van der Waals surface area contributed by atoms with E-state index in [-0.39, 0.29) is 12.1 Å². The number of nitrogens with one attached hydrogen (secondary N) is 1. The van der Waals surface area contributed by atoms with Crippen molar-refractivity contribution in [1.29, 1.82) is 0 Å². The van der Waals surface area contributed by atoms with Crippen LogP contribution >= 0.6 is 0 Å². The van der Waals surface area contributed by atoms with Gasteiger partial charge in [-0.05, 0) is 25.7 Å². The summed E-state index contributed by atoms with van der Waals surface area (Å²) in [6.07, 6.45) is 2.69. The largest absolute Gasteiger partial charge is 0.393 e. The van der Waals surface area contributed by atoms with Crippen molar-refractivity contribution < 1.29 is 14.3 Å². The van der Waals surface area contributed by atoms with Crippen molar-refractivity contribution in [2.45, 2.75) is 37.8 Å². The summed E-state index contributed by atoms with van der Waals surface area (Å²) in [5.74, 6) is -0.545. The maximum Gasteiger partial charge on any atom is 0.251 e. The monoisotopic (exact) mass is 175 g/mol. The summed E-state index contributed by atoms with van der Waals surface area (Å²) in [7, 11) is 0. The topological polar surface area (TPSA) is 49.3 Å². The Labute approximate surface area is 71.0 Å². The third kappa shape index (κ3) is 2.77. The van der Waals surface area contributed by atoms with Crippen molar-refractivity contribution in [3.05, 3.63) is 0 Å². The highest BCUT2D eigenvalue weighted by Crippen LogP contribution is 2.17. The molecule has 0 aromatic heterocycles. The number of halogens is 1. The third-order valence-corrected chi connectivity index (χ3v) is 2.18. The molecule has 1 fully saturated rings. The summed E-state index contributed by atoms with van der Waals surface area (Å²) >= 11 is 0. The van der Waals surface area contributed by atoms with Crippen molar-refractivity contribution in [3.63, 3.8) is 0 Å². The van der Waals surface area contributed by atoms with Crippen LogP contribution < -0.4 is 5.32 Å². The van der Waals surface area contributed by atoms with Gasteiger partial charge >= 0.3 is 0 Å². The summed E-state index contributed by atoms with van der Waals surface area (Å²) in [6, 6.07) is 0.0663. The van der Waals surface area contributed by atoms with Crippen LogP contribution in [-0.4, -0.2) is 29.8 Å². The van der Waals surface area contributed by atoms with Crippen molar-refractivity contribution in [3.8, 4) is 0 Å². The van der Waals surface area contributed by atoms with E-state index in [1.165, 1.54) is 0 Å². The van der Waals surface area contributed by atoms with E-state index >= 15 is 0 Å². The Morgan fingerprint density at radius 3 is 2.50 bits per heavy atom. The molecule has 0 spiro atoms. The standard InChI is InChI=1S/C8H14FNO2/c9-5-8(12)10-6-1-3-7(11)4-2-6/h6-7,11H,1-5H2,(H,10,12)/t6-,7-. The SMILES string of the molecule is O=C(CF)N[C@H]1CC[C@H](O)CC1. The lowest BCUT2D eigenvalue weighted by atomic mass is 9.93. The van der Waals surface area contributed by atoms with Crippen LogP contribution in [0.15, 0.2) is 0 Å². The zero-order valence-electron chi connectivity index (χ0n) is 6.92. The van der Waals surface area contributed by atoms with E-state index in [1.54, 1.807) is 0 Å². The van der Waals surface area contributed by atoms with Crippen molar-refractivity contribution in [2.24, 2.45) is 0 Å². The normalized spacial score (nSPS) is 29.8. The maximum atomic E-state index is 11.8. The fraction of sp³-hybridized carbons (Fsp3) is 0.875. The number of hydrogen-bond acceptors (Lipinski definition) is 2. The highest BCUT2D eigenvalue weighted by Gasteiger charge is 2.20. The van der Waals surface area contributed by atoms with E-state index in [9.17, 15) is 9.18 Å². The number of rotatable bonds is 2. The lowest BCUT2D eigenvalue weighted by Crippen LogP contribution is -2.39. The first-order valence-electron chi connectivity index (χ1n) is 4.25. The Bertz CT molecular complexity index is 155. The Morgan fingerprint density at radius 2 is 2.00 bits per heavy atom. The van der Waals surface area contributed by atoms with Crippen LogP contribution in [0.1, 0.15) is 25.7 Å². The first-order valence-corrected chi connectivity index (χ1v) is 4.25. The van der Waals surface area contributed by atoms with Crippen LogP contribution in [0.4, 0.5) is 4.39 Å². The number of alkyl halides is 1. The molecule has 2 N–H and O–H groups in total. The number of carbonyl (C=O) groups excluding carboxylic acids is 1. The van der Waals surface area contributed by atoms with Gasteiger partial charge in [0.05, 0.1) is 6.10 Å². The Morgan fingerprint density at radius 1 is 1.42 bits per heavy atom. The number of aliphatic hydroxyl groups excluding tert-OH is 1. The minimum absolute atomic E-state index is 0.0663. The van der Waals surface area contributed by atoms with E-state index in [0.717, 1.165) is 12.8 Å². The number of hydrogen-bond donors (Lipinski definition) is 2. The molecule has 1 saturated carbocycles. The molecule has 4 heteroatoms. The molecular weight excluding hydrogens is 161 g/mol. The van der Waals surface area contributed by atoms with Gasteiger partial charge in [-0.15, -0.1) is 0 Å². The predicted molar refractivity (Wildman–Crippen MR) is 42.4 cm³/mol. The molecule has 0 aromatic carbocycles. The molecule has 0 aromatic rings. The summed E-state index contributed by atoms with van der Waals surface area (Å²) in [5.41, 5.74) is 0. The molecular formula is C8H14FNO2. The highest BCUT2D eigenvalue weighted by atomic mass is 19.1. The van der Waals surface area contributed by atoms with Crippen LogP contribution in [0, 0.1) is 0 Å². The van der Waals surface area contributed by atoms with Gasteiger partial charge in [0.15, 0.2) is 6.67 Å². The summed E-state index contributed by atoms with van der Waals surface area (Å²) in [4.78, 5) is 10.6. The van der Waals surface area contributed by atoms with Gasteiger partial charge in [0.25, 0.3) is 5.91 Å². The summed E-state index contributed by atoms with van der Waals surface area (Å²) < 4.78 is 11.8. The van der Waals surface area contributed by atoms with Gasteiger partial charge in [-0.1, -0.05) is 0 Å². The molecule has 1 amide bonds. The van der Waals surface area contributed by atoms with Gasteiger partial charge in [0, 0.05) is 6.04 Å². The molecule has 1 aliphatic rings. The van der Waals surface area contributed by atoms with Crippen LogP contribution in [0.5, 0.6) is 0 Å². The van der Waals surface area contributed by atoms with Gasteiger partial charge in [-0.3, -0.25) is 4.79 Å². The van der Waals surface area contributed by atoms with Gasteiger partial charge in [0.1, 0.15) is 0 Å². The summed E-state index contributed by atoms with van der Waals surface area (Å²) in [5, 5.41) is 11.7. The van der Waals surface area contributed by atoms with E-state index in [2.05, 4.69) is 5.32 Å². The van der Waals surface area contributed by atoms with Crippen LogP contribution in [-0.2, 0) is 4.79 Å². The molecule has 0 heterocycles. The first-order chi connectivity index (χ1) is 5.72. The van der Waals surface area contributed by atoms with E-state index in [0.29, 0.717) is 12.8 Å². The van der Waals surface area contributed by atoms with Crippen molar-refractivity contribution >= 4 is 5.91 Å². The van der Waals surface area contributed by atoms with Gasteiger partial charge in [0.2, 0.25) is 0 Å². The molecule has 0 bridgehead atoms. The van der Waals surface area contributed by atoms with Crippen molar-refractivity contribution in [2.75, 3.05) is 6.67 Å². The Hall–Kier alpha value is -0.640. The lowest BCUT2D eigenvalue weighted by molar-refractivity contribution is -0.123. The minimum atomic E-state index is -0.945. The van der Waals surface area contributed by atoms with Crippen LogP contribution in [0.3, 0.4) is 0 Å². The average Bonchev–Trinajstić information content (AvgIpc) is 2.09. The highest BCUT2D eigenvalue weighted by molar-refractivity contribution is 5.77. The summed E-state index contributed by atoms with van der Waals surface area (Å²) in [6.45, 7) is -0.945. The second-order valence-electron chi connectivity index (χ2n) is 3.21. The second-order valence-corrected chi connectivity index (χ2v) is 3.21. The molecule has 3 nitrogen and oxygen atoms in total. The Kier molecular flexibility index (Phi) is 3.47. The zero-order valence-corrected chi connectivity index (χ0v) is 6.92. The third-order valence-electron chi connectivity index (χ3n) is 2.18. The zero-order chi connectivity index (χ0) is 8.97. The number of carbonyl (C=O) groups is 1. The quantitative estimate of drug-likeness (QED) is 0.637. The molecule has 0 saturated heterocycles. The van der Waals surface area contributed by atoms with Gasteiger partial charge < -0.3 is 10.4 Å². The molecule has 1 rings (SSSR count). The Balaban J connectivity index is 2.21. The minimum Gasteiger partial charge on any atom is -0.393 e. The fourth-order valence-electron chi connectivity index (χ4n) is 1.49. The van der Waals surface area contributed by atoms with E-state index < -0.39 is 12.6 Å². The van der Waals surface area contributed by atoms with Crippen molar-refractivity contribution in [1.82, 2.24) is 5.32 Å². The maximum absolute atomic E-state index is 11.8. The molecule has 0 aliphatic heterocycles. The molecule has 1 aliphatic carbocycles. The van der Waals surface area contributed by atoms with E-state index in [4.69, 9.17) is 5.11 Å². The predicted octanol–water partition coefficient (Wildman–Crippen LogP) is 0.376. The molecule has 0 radical (unpaired) electrons. The second kappa shape index (κ2) is 4.40. The number of aliphatic hydroxyl groups is 1. The average molecular weight is 175 g/mol. The first kappa shape index (κ1) is 9.45. The van der Waals surface area contributed by atoms with E-state index in [1.807, 2.05) is 0 Å². The van der Waals surface area contributed by atoms with Crippen LogP contribution in [0.25, 0.3) is 0 Å².